The van der Waals surface area contributed by atoms with Gasteiger partial charge in [-0.2, -0.15) is 5.10 Å². The van der Waals surface area contributed by atoms with E-state index in [2.05, 4.69) is 33.2 Å². The van der Waals surface area contributed by atoms with E-state index in [0.717, 1.165) is 35.9 Å². The van der Waals surface area contributed by atoms with Gasteiger partial charge in [0.2, 0.25) is 0 Å². The lowest BCUT2D eigenvalue weighted by Crippen LogP contribution is -2.49. The maximum Gasteiger partial charge on any atom is 0.274 e. The number of aryl methyl sites for hydroxylation is 1. The summed E-state index contributed by atoms with van der Waals surface area (Å²) in [5.74, 6) is 1.80. The smallest absolute Gasteiger partial charge is 0.274 e. The predicted octanol–water partition coefficient (Wildman–Crippen LogP) is 3.05. The third-order valence-electron chi connectivity index (χ3n) is 5.40. The van der Waals surface area contributed by atoms with Gasteiger partial charge in [-0.05, 0) is 18.2 Å². The highest BCUT2D eigenvalue weighted by Crippen LogP contribution is 2.42. The zero-order chi connectivity index (χ0) is 19.1. The van der Waals surface area contributed by atoms with E-state index in [1.54, 1.807) is 11.8 Å². The lowest BCUT2D eigenvalue weighted by molar-refractivity contribution is 0.0739. The number of nitrogens with zero attached hydrogens (tertiary/aromatic N) is 5. The number of thioether (sulfide) groups is 1. The van der Waals surface area contributed by atoms with Crippen LogP contribution in [-0.2, 0) is 12.8 Å². The van der Waals surface area contributed by atoms with Crippen LogP contribution in [0.1, 0.15) is 16.1 Å². The van der Waals surface area contributed by atoms with Crippen molar-refractivity contribution in [3.63, 3.8) is 0 Å². The molecule has 0 unspecified atom stereocenters. The summed E-state index contributed by atoms with van der Waals surface area (Å²) in [5, 5.41) is 4.63. The van der Waals surface area contributed by atoms with Crippen LogP contribution in [-0.4, -0.2) is 51.8 Å². The van der Waals surface area contributed by atoms with Crippen molar-refractivity contribution < 1.29 is 4.79 Å². The van der Waals surface area contributed by atoms with Gasteiger partial charge in [0.25, 0.3) is 5.91 Å². The average molecular weight is 392 g/mol. The molecule has 2 aromatic heterocycles. The summed E-state index contributed by atoms with van der Waals surface area (Å²) >= 11 is 1.78. The number of hydrogen-bond donors (Lipinski definition) is 0. The van der Waals surface area contributed by atoms with Crippen molar-refractivity contribution in [2.24, 2.45) is 7.05 Å². The summed E-state index contributed by atoms with van der Waals surface area (Å²) in [7, 11) is 1.93. The minimum atomic E-state index is 0.0394. The maximum absolute atomic E-state index is 13.2. The summed E-state index contributed by atoms with van der Waals surface area (Å²) in [5.41, 5.74) is 3.90. The number of anilines is 1. The van der Waals surface area contributed by atoms with Gasteiger partial charge in [0, 0.05) is 61.2 Å². The second-order valence-electron chi connectivity index (χ2n) is 7.05. The second-order valence-corrected chi connectivity index (χ2v) is 8.07. The van der Waals surface area contributed by atoms with Gasteiger partial charge in [0.1, 0.15) is 5.82 Å². The molecule has 1 saturated heterocycles. The van der Waals surface area contributed by atoms with Gasteiger partial charge in [0.15, 0.2) is 5.69 Å². The summed E-state index contributed by atoms with van der Waals surface area (Å²) in [4.78, 5) is 23.1. The van der Waals surface area contributed by atoms with Crippen molar-refractivity contribution in [2.45, 2.75) is 10.6 Å². The van der Waals surface area contributed by atoms with Gasteiger partial charge in [0.05, 0.1) is 5.69 Å². The van der Waals surface area contributed by atoms with Gasteiger partial charge in [-0.25, -0.2) is 4.98 Å². The van der Waals surface area contributed by atoms with Gasteiger partial charge < -0.3 is 9.80 Å². The number of carbonyl (C=O) groups excluding carboxylic acids is 1. The second kappa shape index (κ2) is 6.98. The molecule has 1 amide bonds. The molecular formula is C21H21N5OS. The molecule has 142 valence electrons. The fourth-order valence-electron chi connectivity index (χ4n) is 3.98. The monoisotopic (exact) mass is 391 g/mol. The molecule has 7 heteroatoms. The summed E-state index contributed by atoms with van der Waals surface area (Å²) < 4.78 is 1.87. The topological polar surface area (TPSA) is 54.3 Å². The van der Waals surface area contributed by atoms with Crippen molar-refractivity contribution in [1.82, 2.24) is 19.7 Å². The van der Waals surface area contributed by atoms with Gasteiger partial charge in [-0.15, -0.1) is 11.8 Å². The number of benzene rings is 1. The van der Waals surface area contributed by atoms with Crippen LogP contribution in [0.5, 0.6) is 0 Å². The van der Waals surface area contributed by atoms with E-state index in [9.17, 15) is 4.79 Å². The highest BCUT2D eigenvalue weighted by atomic mass is 32.2. The molecule has 1 fully saturated rings. The molecule has 0 spiro atoms. The Balaban J connectivity index is 1.38. The Labute approximate surface area is 168 Å². The van der Waals surface area contributed by atoms with Crippen LogP contribution in [0.4, 0.5) is 5.82 Å². The molecule has 3 aromatic rings. The summed E-state index contributed by atoms with van der Waals surface area (Å²) in [6.45, 7) is 2.94. The largest absolute Gasteiger partial charge is 0.353 e. The molecule has 1 aromatic carbocycles. The molecule has 0 aliphatic carbocycles. The number of rotatable bonds is 2. The Kier molecular flexibility index (Phi) is 4.31. The molecule has 0 atom stereocenters. The molecule has 6 nitrogen and oxygen atoms in total. The summed E-state index contributed by atoms with van der Waals surface area (Å²) in [6.07, 6.45) is 1.81. The Hall–Kier alpha value is -2.80. The van der Waals surface area contributed by atoms with Crippen LogP contribution in [0.3, 0.4) is 0 Å². The molecular weight excluding hydrogens is 370 g/mol. The lowest BCUT2D eigenvalue weighted by Gasteiger charge is -2.35. The predicted molar refractivity (Wildman–Crippen MR) is 111 cm³/mol. The maximum atomic E-state index is 13.2. The van der Waals surface area contributed by atoms with Crippen LogP contribution < -0.4 is 4.90 Å². The number of fused-ring (bicyclic) bond motifs is 3. The van der Waals surface area contributed by atoms with Gasteiger partial charge >= 0.3 is 0 Å². The van der Waals surface area contributed by atoms with Crippen molar-refractivity contribution in [3.05, 3.63) is 59.9 Å². The lowest BCUT2D eigenvalue weighted by atomic mass is 10.1. The zero-order valence-corrected chi connectivity index (χ0v) is 16.5. The number of aromatic nitrogens is 3. The van der Waals surface area contributed by atoms with E-state index >= 15 is 0 Å². The molecule has 0 radical (unpaired) electrons. The summed E-state index contributed by atoms with van der Waals surface area (Å²) in [6, 6.07) is 14.3. The molecule has 2 aliphatic heterocycles. The standard InChI is InChI=1S/C21H21N5OS/c1-24-20-15-6-2-3-7-17(15)28-14-16(20)19(23-24)21(27)26-12-10-25(11-13-26)18-8-4-5-9-22-18/h2-9H,10-14H2,1H3. The number of pyridine rings is 1. The van der Waals surface area contributed by atoms with Crippen molar-refractivity contribution >= 4 is 23.5 Å². The Morgan fingerprint density at radius 3 is 2.61 bits per heavy atom. The number of hydrogen-bond acceptors (Lipinski definition) is 5. The van der Waals surface area contributed by atoms with E-state index in [4.69, 9.17) is 0 Å². The Morgan fingerprint density at radius 2 is 1.82 bits per heavy atom. The van der Waals surface area contributed by atoms with Crippen LogP contribution >= 0.6 is 11.8 Å². The highest BCUT2D eigenvalue weighted by Gasteiger charge is 2.31. The fraction of sp³-hybridized carbons (Fsp3) is 0.286. The number of piperazine rings is 1. The minimum Gasteiger partial charge on any atom is -0.353 e. The minimum absolute atomic E-state index is 0.0394. The van der Waals surface area contributed by atoms with Crippen molar-refractivity contribution in [2.75, 3.05) is 31.1 Å². The number of amides is 1. The normalized spacial score (nSPS) is 15.9. The molecule has 0 N–H and O–H groups in total. The third kappa shape index (κ3) is 2.86. The van der Waals surface area contributed by atoms with Crippen LogP contribution in [0.2, 0.25) is 0 Å². The molecule has 5 rings (SSSR count). The van der Waals surface area contributed by atoms with Crippen molar-refractivity contribution in [1.29, 1.82) is 0 Å². The first-order valence-electron chi connectivity index (χ1n) is 9.45. The molecule has 0 bridgehead atoms. The SMILES string of the molecule is Cn1nc(C(=O)N2CCN(c3ccccn3)CC2)c2c1-c1ccccc1SC2. The van der Waals surface area contributed by atoms with E-state index < -0.39 is 0 Å². The quantitative estimate of drug-likeness (QED) is 0.672. The van der Waals surface area contributed by atoms with Gasteiger partial charge in [-0.3, -0.25) is 9.48 Å². The van der Waals surface area contributed by atoms with E-state index in [1.165, 1.54) is 10.5 Å². The first-order chi connectivity index (χ1) is 13.7. The van der Waals surface area contributed by atoms with E-state index in [0.29, 0.717) is 18.8 Å². The first-order valence-corrected chi connectivity index (χ1v) is 10.4. The zero-order valence-electron chi connectivity index (χ0n) is 15.7. The molecule has 4 heterocycles. The molecule has 0 saturated carbocycles. The Morgan fingerprint density at radius 1 is 1.04 bits per heavy atom. The average Bonchev–Trinajstić information content (AvgIpc) is 3.11. The fourth-order valence-corrected chi connectivity index (χ4v) is 5.05. The third-order valence-corrected chi connectivity index (χ3v) is 6.50. The Bertz CT molecular complexity index is 1020. The van der Waals surface area contributed by atoms with E-state index in [1.807, 2.05) is 47.1 Å². The number of carbonyl (C=O) groups is 1. The molecule has 28 heavy (non-hydrogen) atoms. The van der Waals surface area contributed by atoms with Crippen LogP contribution in [0, 0.1) is 0 Å². The van der Waals surface area contributed by atoms with Crippen LogP contribution in [0.15, 0.2) is 53.6 Å². The van der Waals surface area contributed by atoms with Crippen LogP contribution in [0.25, 0.3) is 11.3 Å². The van der Waals surface area contributed by atoms with Crippen molar-refractivity contribution in [3.8, 4) is 11.3 Å². The van der Waals surface area contributed by atoms with E-state index in [-0.39, 0.29) is 5.91 Å². The highest BCUT2D eigenvalue weighted by molar-refractivity contribution is 7.98. The van der Waals surface area contributed by atoms with Gasteiger partial charge in [-0.1, -0.05) is 24.3 Å². The first kappa shape index (κ1) is 17.3. The molecule has 2 aliphatic rings.